The first-order valence-electron chi connectivity index (χ1n) is 6.16. The number of aromatic nitrogens is 2. The normalized spacial score (nSPS) is 10.8. The van der Waals surface area contributed by atoms with Gasteiger partial charge in [0.05, 0.1) is 12.8 Å². The molecule has 0 fully saturated rings. The number of carbonyl (C=O) groups is 1. The van der Waals surface area contributed by atoms with E-state index in [1.165, 1.54) is 18.4 Å². The van der Waals surface area contributed by atoms with Gasteiger partial charge in [-0.15, -0.1) is 11.3 Å². The molecule has 21 heavy (non-hydrogen) atoms. The smallest absolute Gasteiger partial charge is 0.273 e. The fourth-order valence-corrected chi connectivity index (χ4v) is 2.99. The third-order valence-electron chi connectivity index (χ3n) is 3.10. The van der Waals surface area contributed by atoms with Crippen LogP contribution in [0.5, 0.6) is 5.75 Å². The molecule has 1 N–H and O–H groups in total. The Labute approximate surface area is 130 Å². The fraction of sp³-hybridized carbons (Fsp3) is 0.143. The lowest BCUT2D eigenvalue weighted by molar-refractivity contribution is 0.102. The first-order valence-corrected chi connectivity index (χ1v) is 7.42. The summed E-state index contributed by atoms with van der Waals surface area (Å²) in [7, 11) is 1.54. The predicted octanol–water partition coefficient (Wildman–Crippen LogP) is 3.62. The summed E-state index contributed by atoms with van der Waals surface area (Å²) in [4.78, 5) is 17.3. The fourth-order valence-electron chi connectivity index (χ4n) is 2.00. The summed E-state index contributed by atoms with van der Waals surface area (Å²) in [6.07, 6.45) is 3.42. The van der Waals surface area contributed by atoms with Crippen LogP contribution < -0.4 is 10.1 Å². The number of halogens is 1. The number of carbonyl (C=O) groups excluding carboxylic acids is 1. The predicted molar refractivity (Wildman–Crippen MR) is 83.8 cm³/mol. The molecule has 0 spiro atoms. The molecule has 0 bridgehead atoms. The number of rotatable bonds is 3. The lowest BCUT2D eigenvalue weighted by atomic mass is 10.2. The number of benzene rings is 1. The summed E-state index contributed by atoms with van der Waals surface area (Å²) in [6.45, 7) is 1.87. The van der Waals surface area contributed by atoms with E-state index in [4.69, 9.17) is 16.3 Å². The van der Waals surface area contributed by atoms with Crippen molar-refractivity contribution >= 4 is 39.5 Å². The van der Waals surface area contributed by atoms with Crippen LogP contribution in [0.3, 0.4) is 0 Å². The summed E-state index contributed by atoms with van der Waals surface area (Å²) in [5, 5.41) is 5.21. The molecule has 108 valence electrons. The zero-order valence-corrected chi connectivity index (χ0v) is 13.0. The largest absolute Gasteiger partial charge is 0.495 e. The zero-order chi connectivity index (χ0) is 15.0. The number of anilines is 1. The highest BCUT2D eigenvalue weighted by Crippen LogP contribution is 2.31. The van der Waals surface area contributed by atoms with Crippen molar-refractivity contribution in [2.24, 2.45) is 0 Å². The van der Waals surface area contributed by atoms with Crippen LogP contribution in [0, 0.1) is 6.92 Å². The topological polar surface area (TPSA) is 55.6 Å². The molecule has 0 aliphatic heterocycles. The molecule has 0 saturated heterocycles. The van der Waals surface area contributed by atoms with E-state index in [9.17, 15) is 4.79 Å². The Morgan fingerprint density at radius 3 is 3.05 bits per heavy atom. The molecule has 3 aromatic rings. The Kier molecular flexibility index (Phi) is 3.57. The average molecular weight is 322 g/mol. The monoisotopic (exact) mass is 321 g/mol. The van der Waals surface area contributed by atoms with Crippen LogP contribution in [0.4, 0.5) is 5.69 Å². The van der Waals surface area contributed by atoms with Crippen LogP contribution >= 0.6 is 22.9 Å². The first kappa shape index (κ1) is 13.9. The number of hydrogen-bond acceptors (Lipinski definition) is 4. The number of ether oxygens (including phenoxy) is 1. The van der Waals surface area contributed by atoms with E-state index in [1.54, 1.807) is 34.3 Å². The lowest BCUT2D eigenvalue weighted by Crippen LogP contribution is -2.14. The SMILES string of the molecule is COc1cc(Cl)c(C)cc1NC(=O)c1csc2nccn12. The Hall–Kier alpha value is -2.05. The minimum absolute atomic E-state index is 0.223. The molecule has 0 radical (unpaired) electrons. The van der Waals surface area contributed by atoms with E-state index < -0.39 is 0 Å². The third kappa shape index (κ3) is 2.48. The van der Waals surface area contributed by atoms with Crippen molar-refractivity contribution in [2.75, 3.05) is 12.4 Å². The van der Waals surface area contributed by atoms with Crippen molar-refractivity contribution in [3.8, 4) is 5.75 Å². The maximum Gasteiger partial charge on any atom is 0.273 e. The lowest BCUT2D eigenvalue weighted by Gasteiger charge is -2.12. The third-order valence-corrected chi connectivity index (χ3v) is 4.37. The Balaban J connectivity index is 1.95. The van der Waals surface area contributed by atoms with Crippen molar-refractivity contribution in [1.29, 1.82) is 0 Å². The van der Waals surface area contributed by atoms with Gasteiger partial charge in [-0.05, 0) is 18.6 Å². The van der Waals surface area contributed by atoms with Gasteiger partial charge in [-0.3, -0.25) is 9.20 Å². The molecule has 0 aliphatic rings. The second-order valence-electron chi connectivity index (χ2n) is 4.46. The summed E-state index contributed by atoms with van der Waals surface area (Å²) in [5.41, 5.74) is 1.98. The van der Waals surface area contributed by atoms with Gasteiger partial charge >= 0.3 is 0 Å². The number of thiazole rings is 1. The Bertz CT molecular complexity index is 825. The molecule has 0 saturated carbocycles. The molecule has 2 heterocycles. The first-order chi connectivity index (χ1) is 10.1. The summed E-state index contributed by atoms with van der Waals surface area (Å²) < 4.78 is 7.00. The van der Waals surface area contributed by atoms with Gasteiger partial charge in [0.25, 0.3) is 5.91 Å². The number of fused-ring (bicyclic) bond motifs is 1. The van der Waals surface area contributed by atoms with Gasteiger partial charge in [-0.1, -0.05) is 11.6 Å². The van der Waals surface area contributed by atoms with E-state index >= 15 is 0 Å². The van der Waals surface area contributed by atoms with Crippen LogP contribution in [-0.2, 0) is 0 Å². The second-order valence-corrected chi connectivity index (χ2v) is 5.70. The second kappa shape index (κ2) is 5.38. The summed E-state index contributed by atoms with van der Waals surface area (Å²) >= 11 is 7.47. The van der Waals surface area contributed by atoms with E-state index in [0.717, 1.165) is 10.5 Å². The molecule has 0 atom stereocenters. The highest BCUT2D eigenvalue weighted by Gasteiger charge is 2.15. The quantitative estimate of drug-likeness (QED) is 0.801. The van der Waals surface area contributed by atoms with Crippen molar-refractivity contribution in [3.05, 3.63) is 46.2 Å². The molecular weight excluding hydrogens is 310 g/mol. The van der Waals surface area contributed by atoms with Gasteiger partial charge in [0.15, 0.2) is 4.96 Å². The van der Waals surface area contributed by atoms with E-state index in [0.29, 0.717) is 22.2 Å². The van der Waals surface area contributed by atoms with Crippen LogP contribution in [0.2, 0.25) is 5.02 Å². The van der Waals surface area contributed by atoms with Gasteiger partial charge in [-0.25, -0.2) is 4.98 Å². The van der Waals surface area contributed by atoms with Crippen LogP contribution in [0.25, 0.3) is 4.96 Å². The molecule has 3 rings (SSSR count). The number of hydrogen-bond donors (Lipinski definition) is 1. The Morgan fingerprint density at radius 2 is 2.29 bits per heavy atom. The number of amides is 1. The van der Waals surface area contributed by atoms with Crippen molar-refractivity contribution < 1.29 is 9.53 Å². The van der Waals surface area contributed by atoms with Gasteiger partial charge in [0, 0.05) is 28.9 Å². The molecular formula is C14H12ClN3O2S. The van der Waals surface area contributed by atoms with Gasteiger partial charge < -0.3 is 10.1 Å². The van der Waals surface area contributed by atoms with Gasteiger partial charge in [-0.2, -0.15) is 0 Å². The van der Waals surface area contributed by atoms with Gasteiger partial charge in [0.2, 0.25) is 0 Å². The Morgan fingerprint density at radius 1 is 1.48 bits per heavy atom. The molecule has 1 amide bonds. The zero-order valence-electron chi connectivity index (χ0n) is 11.4. The molecule has 5 nitrogen and oxygen atoms in total. The maximum atomic E-state index is 12.4. The average Bonchev–Trinajstić information content (AvgIpc) is 3.04. The maximum absolute atomic E-state index is 12.4. The number of nitrogens with one attached hydrogen (secondary N) is 1. The minimum Gasteiger partial charge on any atom is -0.495 e. The number of methoxy groups -OCH3 is 1. The molecule has 7 heteroatoms. The molecule has 0 aliphatic carbocycles. The van der Waals surface area contributed by atoms with Crippen molar-refractivity contribution in [3.63, 3.8) is 0 Å². The highest BCUT2D eigenvalue weighted by molar-refractivity contribution is 7.15. The summed E-state index contributed by atoms with van der Waals surface area (Å²) in [5.74, 6) is 0.301. The molecule has 0 unspecified atom stereocenters. The minimum atomic E-state index is -0.223. The summed E-state index contributed by atoms with van der Waals surface area (Å²) in [6, 6.07) is 3.48. The van der Waals surface area contributed by atoms with Crippen LogP contribution in [-0.4, -0.2) is 22.4 Å². The van der Waals surface area contributed by atoms with E-state index in [1.807, 2.05) is 6.92 Å². The van der Waals surface area contributed by atoms with E-state index in [-0.39, 0.29) is 5.91 Å². The van der Waals surface area contributed by atoms with E-state index in [2.05, 4.69) is 10.3 Å². The standard InChI is InChI=1S/C14H12ClN3O2S/c1-8-5-10(12(20-2)6-9(8)15)17-13(19)11-7-21-14-16-3-4-18(11)14/h3-7H,1-2H3,(H,17,19). The molecule has 1 aromatic carbocycles. The number of aryl methyl sites for hydroxylation is 1. The van der Waals surface area contributed by atoms with Crippen LogP contribution in [0.15, 0.2) is 29.9 Å². The highest BCUT2D eigenvalue weighted by atomic mass is 35.5. The number of imidazole rings is 1. The van der Waals surface area contributed by atoms with Crippen LogP contribution in [0.1, 0.15) is 16.1 Å². The van der Waals surface area contributed by atoms with Gasteiger partial charge in [0.1, 0.15) is 11.4 Å². The van der Waals surface area contributed by atoms with Crippen molar-refractivity contribution in [1.82, 2.24) is 9.38 Å². The molecule has 2 aromatic heterocycles. The number of nitrogens with zero attached hydrogens (tertiary/aromatic N) is 2. The van der Waals surface area contributed by atoms with Crippen molar-refractivity contribution in [2.45, 2.75) is 6.92 Å².